The number of carbonyl (C=O) groups is 2. The fourth-order valence-electron chi connectivity index (χ4n) is 2.67. The van der Waals surface area contributed by atoms with Crippen molar-refractivity contribution in [2.45, 2.75) is 6.92 Å². The first-order valence-electron chi connectivity index (χ1n) is 8.54. The third-order valence-corrected chi connectivity index (χ3v) is 3.99. The van der Waals surface area contributed by atoms with Crippen LogP contribution in [-0.2, 0) is 14.3 Å². The maximum absolute atomic E-state index is 12.3. The molecule has 2 aromatic rings. The van der Waals surface area contributed by atoms with Crippen molar-refractivity contribution in [1.29, 1.82) is 0 Å². The van der Waals surface area contributed by atoms with Gasteiger partial charge in [-0.3, -0.25) is 14.9 Å². The number of aliphatic imine (C=N–C) groups is 1. The van der Waals surface area contributed by atoms with E-state index >= 15 is 0 Å². The summed E-state index contributed by atoms with van der Waals surface area (Å²) in [4.78, 5) is 38.0. The van der Waals surface area contributed by atoms with Gasteiger partial charge in [0.1, 0.15) is 5.75 Å². The topological polar surface area (TPSA) is 127 Å². The van der Waals surface area contributed by atoms with Crippen LogP contribution in [0.5, 0.6) is 17.2 Å². The molecule has 0 atom stereocenters. The van der Waals surface area contributed by atoms with Gasteiger partial charge in [0.15, 0.2) is 17.2 Å². The number of non-ortho nitro benzene ring substituents is 1. The van der Waals surface area contributed by atoms with E-state index < -0.39 is 16.9 Å². The predicted molar refractivity (Wildman–Crippen MR) is 105 cm³/mol. The van der Waals surface area contributed by atoms with Crippen LogP contribution in [0, 0.1) is 10.1 Å². The first-order chi connectivity index (χ1) is 14.3. The number of nitrogens with zero attached hydrogens (tertiary/aromatic N) is 2. The standard InChI is InChI=1S/C20H16N2O8/c1-11(23)29-17-6-4-12(9-18(17)28-3)8-15-20(24)30-19(21-15)14-10-13(22(25)26)5-7-16(14)27-2/h4-10H,1-3H3/b15-8+. The predicted octanol–water partition coefficient (Wildman–Crippen LogP) is 2.88. The van der Waals surface area contributed by atoms with Crippen molar-refractivity contribution in [3.8, 4) is 17.2 Å². The second-order valence-corrected chi connectivity index (χ2v) is 5.98. The Balaban J connectivity index is 1.98. The molecule has 0 bridgehead atoms. The summed E-state index contributed by atoms with van der Waals surface area (Å²) in [6, 6.07) is 8.55. The van der Waals surface area contributed by atoms with Crippen LogP contribution in [0.25, 0.3) is 6.08 Å². The van der Waals surface area contributed by atoms with Gasteiger partial charge in [0.25, 0.3) is 5.69 Å². The van der Waals surface area contributed by atoms with E-state index in [-0.39, 0.29) is 40.1 Å². The number of cyclic esters (lactones) is 1. The van der Waals surface area contributed by atoms with Crippen LogP contribution in [0.3, 0.4) is 0 Å². The Hall–Kier alpha value is -4.21. The normalized spacial score (nSPS) is 14.2. The summed E-state index contributed by atoms with van der Waals surface area (Å²) in [5.41, 5.74) is 0.477. The van der Waals surface area contributed by atoms with Gasteiger partial charge in [-0.15, -0.1) is 0 Å². The summed E-state index contributed by atoms with van der Waals surface area (Å²) in [6.07, 6.45) is 1.44. The first-order valence-corrected chi connectivity index (χ1v) is 8.54. The lowest BCUT2D eigenvalue weighted by Gasteiger charge is -2.08. The molecule has 1 aliphatic rings. The Bertz CT molecular complexity index is 1100. The number of nitro groups is 1. The minimum absolute atomic E-state index is 0.0270. The van der Waals surface area contributed by atoms with Gasteiger partial charge in [-0.1, -0.05) is 6.07 Å². The number of rotatable bonds is 6. The second kappa shape index (κ2) is 8.43. The molecule has 1 heterocycles. The number of hydrogen-bond donors (Lipinski definition) is 0. The number of ether oxygens (including phenoxy) is 4. The highest BCUT2D eigenvalue weighted by atomic mass is 16.6. The molecule has 0 amide bonds. The van der Waals surface area contributed by atoms with Crippen molar-refractivity contribution < 1.29 is 33.5 Å². The summed E-state index contributed by atoms with van der Waals surface area (Å²) in [5.74, 6) is -0.571. The van der Waals surface area contributed by atoms with Crippen LogP contribution in [0.15, 0.2) is 47.1 Å². The SMILES string of the molecule is COc1cc(/C=C2/N=C(c3cc([N+](=O)[O-])ccc3OC)OC2=O)ccc1OC(C)=O. The monoisotopic (exact) mass is 412 g/mol. The summed E-state index contributed by atoms with van der Waals surface area (Å²) >= 11 is 0. The molecule has 0 aromatic heterocycles. The van der Waals surface area contributed by atoms with Crippen molar-refractivity contribution in [2.75, 3.05) is 14.2 Å². The Morgan fingerprint density at radius 3 is 2.43 bits per heavy atom. The molecule has 10 nitrogen and oxygen atoms in total. The highest BCUT2D eigenvalue weighted by Crippen LogP contribution is 2.31. The molecule has 0 spiro atoms. The average Bonchev–Trinajstić information content (AvgIpc) is 3.08. The van der Waals surface area contributed by atoms with Gasteiger partial charge in [-0.2, -0.15) is 0 Å². The van der Waals surface area contributed by atoms with E-state index in [1.165, 1.54) is 51.5 Å². The third kappa shape index (κ3) is 4.27. The number of benzene rings is 2. The number of carbonyl (C=O) groups excluding carboxylic acids is 2. The fourth-order valence-corrected chi connectivity index (χ4v) is 2.67. The molecule has 0 aliphatic carbocycles. The molecule has 0 saturated carbocycles. The highest BCUT2D eigenvalue weighted by Gasteiger charge is 2.28. The lowest BCUT2D eigenvalue weighted by atomic mass is 10.1. The van der Waals surface area contributed by atoms with Gasteiger partial charge in [-0.05, 0) is 29.8 Å². The zero-order valence-corrected chi connectivity index (χ0v) is 16.2. The molecule has 30 heavy (non-hydrogen) atoms. The van der Waals surface area contributed by atoms with Gasteiger partial charge >= 0.3 is 11.9 Å². The molecule has 0 unspecified atom stereocenters. The fraction of sp³-hybridized carbons (Fsp3) is 0.150. The van der Waals surface area contributed by atoms with E-state index in [2.05, 4.69) is 4.99 Å². The van der Waals surface area contributed by atoms with E-state index in [1.54, 1.807) is 12.1 Å². The summed E-state index contributed by atoms with van der Waals surface area (Å²) < 4.78 is 20.6. The molecule has 1 aliphatic heterocycles. The third-order valence-electron chi connectivity index (χ3n) is 3.99. The Morgan fingerprint density at radius 2 is 1.80 bits per heavy atom. The quantitative estimate of drug-likeness (QED) is 0.233. The maximum Gasteiger partial charge on any atom is 0.363 e. The Morgan fingerprint density at radius 1 is 1.10 bits per heavy atom. The molecule has 0 fully saturated rings. The highest BCUT2D eigenvalue weighted by molar-refractivity contribution is 6.14. The average molecular weight is 412 g/mol. The second-order valence-electron chi connectivity index (χ2n) is 5.98. The Labute approximate surface area is 170 Å². The van der Waals surface area contributed by atoms with E-state index in [0.717, 1.165) is 0 Å². The van der Waals surface area contributed by atoms with Gasteiger partial charge in [0, 0.05) is 19.1 Å². The zero-order valence-electron chi connectivity index (χ0n) is 16.2. The van der Waals surface area contributed by atoms with Crippen molar-refractivity contribution in [1.82, 2.24) is 0 Å². The number of nitro benzene ring substituents is 1. The molecular formula is C20H16N2O8. The number of esters is 2. The smallest absolute Gasteiger partial charge is 0.363 e. The zero-order chi connectivity index (χ0) is 21.8. The Kier molecular flexibility index (Phi) is 5.77. The van der Waals surface area contributed by atoms with E-state index in [1.807, 2.05) is 0 Å². The van der Waals surface area contributed by atoms with Gasteiger partial charge in [-0.25, -0.2) is 9.79 Å². The summed E-state index contributed by atoms with van der Waals surface area (Å²) in [6.45, 7) is 1.27. The number of methoxy groups -OCH3 is 2. The molecule has 2 aromatic carbocycles. The van der Waals surface area contributed by atoms with Gasteiger partial charge in [0.2, 0.25) is 5.90 Å². The summed E-state index contributed by atoms with van der Waals surface area (Å²) in [5, 5.41) is 11.1. The van der Waals surface area contributed by atoms with Crippen molar-refractivity contribution >= 4 is 29.6 Å². The van der Waals surface area contributed by atoms with E-state index in [0.29, 0.717) is 5.56 Å². The van der Waals surface area contributed by atoms with Crippen LogP contribution < -0.4 is 14.2 Å². The first kappa shape index (κ1) is 20.5. The molecule has 0 saturated heterocycles. The van der Waals surface area contributed by atoms with Crippen molar-refractivity contribution in [2.24, 2.45) is 4.99 Å². The largest absolute Gasteiger partial charge is 0.496 e. The molecule has 0 radical (unpaired) electrons. The van der Waals surface area contributed by atoms with Crippen LogP contribution in [0.2, 0.25) is 0 Å². The molecule has 0 N–H and O–H groups in total. The molecule has 10 heteroatoms. The van der Waals surface area contributed by atoms with Crippen molar-refractivity contribution in [3.63, 3.8) is 0 Å². The van der Waals surface area contributed by atoms with Gasteiger partial charge < -0.3 is 18.9 Å². The number of hydrogen-bond acceptors (Lipinski definition) is 9. The van der Waals surface area contributed by atoms with Crippen molar-refractivity contribution in [3.05, 3.63) is 63.3 Å². The molecular weight excluding hydrogens is 396 g/mol. The van der Waals surface area contributed by atoms with Crippen LogP contribution in [0.4, 0.5) is 5.69 Å². The van der Waals surface area contributed by atoms with Crippen LogP contribution in [0.1, 0.15) is 18.1 Å². The van der Waals surface area contributed by atoms with E-state index in [4.69, 9.17) is 18.9 Å². The minimum atomic E-state index is -0.735. The molecule has 154 valence electrons. The maximum atomic E-state index is 12.3. The minimum Gasteiger partial charge on any atom is -0.496 e. The lowest BCUT2D eigenvalue weighted by Crippen LogP contribution is -2.07. The molecule has 3 rings (SSSR count). The summed E-state index contributed by atoms with van der Waals surface area (Å²) in [7, 11) is 2.80. The van der Waals surface area contributed by atoms with Crippen LogP contribution >= 0.6 is 0 Å². The lowest BCUT2D eigenvalue weighted by molar-refractivity contribution is -0.384. The van der Waals surface area contributed by atoms with Gasteiger partial charge in [0.05, 0.1) is 24.7 Å². The van der Waals surface area contributed by atoms with E-state index in [9.17, 15) is 19.7 Å². The van der Waals surface area contributed by atoms with Crippen LogP contribution in [-0.4, -0.2) is 37.0 Å².